The third-order valence-electron chi connectivity index (χ3n) is 6.59. The fraction of sp³-hybridized carbons (Fsp3) is 0.370. The third kappa shape index (κ3) is 4.57. The molecular formula is C27H31F2N5O2. The number of nitrogens with two attached hydrogens (primary N) is 1. The smallest absolute Gasteiger partial charge is 0.316 e. The van der Waals surface area contributed by atoms with Gasteiger partial charge in [-0.2, -0.15) is 5.10 Å². The first kappa shape index (κ1) is 25.3. The summed E-state index contributed by atoms with van der Waals surface area (Å²) < 4.78 is 32.3. The van der Waals surface area contributed by atoms with Gasteiger partial charge < -0.3 is 16.0 Å². The fourth-order valence-electron chi connectivity index (χ4n) is 4.81. The van der Waals surface area contributed by atoms with Gasteiger partial charge in [-0.05, 0) is 30.0 Å². The molecule has 2 heterocycles. The molecule has 9 heteroatoms. The van der Waals surface area contributed by atoms with Crippen LogP contribution >= 0.6 is 0 Å². The first-order valence-corrected chi connectivity index (χ1v) is 12.2. The highest BCUT2D eigenvalue weighted by molar-refractivity contribution is 5.88. The van der Waals surface area contributed by atoms with Gasteiger partial charge in [0, 0.05) is 42.6 Å². The molecule has 0 bridgehead atoms. The number of para-hydroxylation sites is 1. The van der Waals surface area contributed by atoms with Gasteiger partial charge in [0.25, 0.3) is 0 Å². The highest BCUT2D eigenvalue weighted by atomic mass is 19.1. The molecule has 0 saturated heterocycles. The van der Waals surface area contributed by atoms with Crippen LogP contribution in [0, 0.1) is 17.6 Å². The summed E-state index contributed by atoms with van der Waals surface area (Å²) in [7, 11) is 0. The van der Waals surface area contributed by atoms with E-state index in [2.05, 4.69) is 5.32 Å². The van der Waals surface area contributed by atoms with E-state index in [1.54, 1.807) is 9.58 Å². The molecule has 3 aromatic rings. The van der Waals surface area contributed by atoms with Crippen LogP contribution in [0.2, 0.25) is 0 Å². The zero-order valence-corrected chi connectivity index (χ0v) is 21.0. The predicted molar refractivity (Wildman–Crippen MR) is 135 cm³/mol. The second-order valence-electron chi connectivity index (χ2n) is 9.28. The number of hydrogen-bond acceptors (Lipinski definition) is 3. The lowest BCUT2D eigenvalue weighted by Crippen LogP contribution is -2.38. The van der Waals surface area contributed by atoms with Crippen molar-refractivity contribution in [2.75, 3.05) is 11.9 Å². The van der Waals surface area contributed by atoms with E-state index in [0.717, 1.165) is 47.5 Å². The van der Waals surface area contributed by atoms with Crippen LogP contribution in [-0.4, -0.2) is 33.2 Å². The second-order valence-corrected chi connectivity index (χ2v) is 9.28. The van der Waals surface area contributed by atoms with Crippen molar-refractivity contribution in [2.45, 2.75) is 53.5 Å². The molecule has 0 radical (unpaired) electrons. The number of carbonyl (C=O) groups excluding carboxylic acids is 2. The Kier molecular flexibility index (Phi) is 7.10. The molecule has 3 amide bonds. The summed E-state index contributed by atoms with van der Waals surface area (Å²) in [4.78, 5) is 25.8. The molecule has 1 aliphatic heterocycles. The number of urea groups is 1. The predicted octanol–water partition coefficient (Wildman–Crippen LogP) is 4.97. The Hall–Kier alpha value is -3.75. The van der Waals surface area contributed by atoms with E-state index in [1.807, 2.05) is 45.9 Å². The Bertz CT molecular complexity index is 1310. The number of nitrogens with zero attached hydrogens (tertiary/aromatic N) is 3. The lowest BCUT2D eigenvalue weighted by molar-refractivity contribution is -0.135. The highest BCUT2D eigenvalue weighted by Gasteiger charge is 2.31. The van der Waals surface area contributed by atoms with E-state index in [4.69, 9.17) is 10.8 Å². The summed E-state index contributed by atoms with van der Waals surface area (Å²) in [5.74, 6) is -1.75. The summed E-state index contributed by atoms with van der Waals surface area (Å²) >= 11 is 0. The molecule has 2 aromatic carbocycles. The Morgan fingerprint density at radius 3 is 2.36 bits per heavy atom. The van der Waals surface area contributed by atoms with Crippen LogP contribution in [0.4, 0.5) is 19.3 Å². The van der Waals surface area contributed by atoms with Crippen molar-refractivity contribution in [1.82, 2.24) is 14.7 Å². The van der Waals surface area contributed by atoms with Crippen LogP contribution in [0.3, 0.4) is 0 Å². The van der Waals surface area contributed by atoms with Crippen LogP contribution in [0.25, 0.3) is 16.9 Å². The number of fused-ring (bicyclic) bond motifs is 1. The van der Waals surface area contributed by atoms with Crippen LogP contribution in [-0.2, 0) is 30.6 Å². The first-order valence-electron chi connectivity index (χ1n) is 12.2. The first-order chi connectivity index (χ1) is 17.2. The average Bonchev–Trinajstić information content (AvgIpc) is 3.22. The number of halogens is 2. The van der Waals surface area contributed by atoms with E-state index < -0.39 is 17.7 Å². The number of aryl methyl sites for hydroxylation is 2. The van der Waals surface area contributed by atoms with E-state index in [0.29, 0.717) is 24.2 Å². The van der Waals surface area contributed by atoms with Gasteiger partial charge in [-0.15, -0.1) is 0 Å². The Morgan fingerprint density at radius 1 is 1.11 bits per heavy atom. The fourth-order valence-corrected chi connectivity index (χ4v) is 4.81. The van der Waals surface area contributed by atoms with Gasteiger partial charge in [0.2, 0.25) is 5.91 Å². The molecule has 0 unspecified atom stereocenters. The largest absolute Gasteiger partial charge is 0.351 e. The van der Waals surface area contributed by atoms with Crippen molar-refractivity contribution in [2.24, 2.45) is 11.7 Å². The second kappa shape index (κ2) is 10.1. The van der Waals surface area contributed by atoms with Crippen molar-refractivity contribution in [3.05, 3.63) is 64.4 Å². The maximum Gasteiger partial charge on any atom is 0.316 e. The summed E-state index contributed by atoms with van der Waals surface area (Å²) in [6.07, 6.45) is 1.96. The average molecular weight is 496 g/mol. The zero-order chi connectivity index (χ0) is 26.1. The van der Waals surface area contributed by atoms with Gasteiger partial charge in [0.1, 0.15) is 11.6 Å². The van der Waals surface area contributed by atoms with Gasteiger partial charge in [-0.1, -0.05) is 45.9 Å². The number of anilines is 1. The molecule has 0 aliphatic carbocycles. The summed E-state index contributed by atoms with van der Waals surface area (Å²) in [5.41, 5.74) is 9.51. The third-order valence-corrected chi connectivity index (χ3v) is 6.59. The van der Waals surface area contributed by atoms with E-state index >= 15 is 8.78 Å². The number of carbonyl (C=O) groups is 2. The van der Waals surface area contributed by atoms with E-state index in [1.165, 1.54) is 0 Å². The molecule has 190 valence electrons. The molecule has 1 aliphatic rings. The maximum atomic E-state index is 15.6. The van der Waals surface area contributed by atoms with Gasteiger partial charge in [-0.25, -0.2) is 18.3 Å². The quantitative estimate of drug-likeness (QED) is 0.505. The molecule has 4 rings (SSSR count). The Balaban J connectivity index is 1.99. The molecule has 0 saturated carbocycles. The molecular weight excluding hydrogens is 464 g/mol. The summed E-state index contributed by atoms with van der Waals surface area (Å²) in [6.45, 7) is 8.51. The maximum absolute atomic E-state index is 15.6. The Labute approximate surface area is 209 Å². The lowest BCUT2D eigenvalue weighted by atomic mass is 9.98. The molecule has 0 fully saturated rings. The van der Waals surface area contributed by atoms with Crippen LogP contribution in [0.15, 0.2) is 30.3 Å². The Morgan fingerprint density at radius 2 is 1.78 bits per heavy atom. The van der Waals surface area contributed by atoms with Crippen LogP contribution in [0.5, 0.6) is 0 Å². The number of benzene rings is 2. The van der Waals surface area contributed by atoms with Crippen molar-refractivity contribution in [1.29, 1.82) is 0 Å². The van der Waals surface area contributed by atoms with Crippen molar-refractivity contribution in [3.8, 4) is 16.9 Å². The minimum Gasteiger partial charge on any atom is -0.351 e. The van der Waals surface area contributed by atoms with Crippen LogP contribution < -0.4 is 11.1 Å². The standard InChI is InChI=1S/C27H31F2N5O2/c1-5-16-8-7-9-17(6-2)24(16)34-25(18-12-21(29)23(13-20(18)28)31-27(30)36)19-14-33(26(35)15(3)4)11-10-22(19)32-34/h7-9,12-13,15H,5-6,10-11,14H2,1-4H3,(H3,30,31,36). The molecule has 0 spiro atoms. The number of aromatic nitrogens is 2. The van der Waals surface area contributed by atoms with Gasteiger partial charge >= 0.3 is 6.03 Å². The monoisotopic (exact) mass is 495 g/mol. The topological polar surface area (TPSA) is 93.2 Å². The van der Waals surface area contributed by atoms with Crippen molar-refractivity contribution < 1.29 is 18.4 Å². The molecule has 0 atom stereocenters. The summed E-state index contributed by atoms with van der Waals surface area (Å²) in [6, 6.07) is 6.98. The molecule has 3 N–H and O–H groups in total. The van der Waals surface area contributed by atoms with Crippen molar-refractivity contribution in [3.63, 3.8) is 0 Å². The van der Waals surface area contributed by atoms with Gasteiger partial charge in [0.15, 0.2) is 0 Å². The zero-order valence-electron chi connectivity index (χ0n) is 21.0. The number of amides is 3. The summed E-state index contributed by atoms with van der Waals surface area (Å²) in [5, 5.41) is 7.01. The number of hydrogen-bond donors (Lipinski definition) is 2. The van der Waals surface area contributed by atoms with Gasteiger partial charge in [-0.3, -0.25) is 4.79 Å². The minimum atomic E-state index is -0.990. The van der Waals surface area contributed by atoms with E-state index in [-0.39, 0.29) is 29.6 Å². The molecule has 7 nitrogen and oxygen atoms in total. The number of rotatable bonds is 6. The van der Waals surface area contributed by atoms with Gasteiger partial charge in [0.05, 0.1) is 22.8 Å². The molecule has 1 aromatic heterocycles. The van der Waals surface area contributed by atoms with E-state index in [9.17, 15) is 9.59 Å². The number of primary amides is 1. The van der Waals surface area contributed by atoms with Crippen LogP contribution in [0.1, 0.15) is 50.1 Å². The normalized spacial score (nSPS) is 13.1. The number of nitrogens with one attached hydrogen (secondary N) is 1. The lowest BCUT2D eigenvalue weighted by Gasteiger charge is -2.28. The van der Waals surface area contributed by atoms with Crippen molar-refractivity contribution >= 4 is 17.6 Å². The highest BCUT2D eigenvalue weighted by Crippen LogP contribution is 2.38. The SMILES string of the molecule is CCc1cccc(CC)c1-n1nc2c(c1-c1cc(F)c(NC(N)=O)cc1F)CN(C(=O)C(C)C)CC2. The minimum absolute atomic E-state index is 0.00285. The molecule has 36 heavy (non-hydrogen) atoms.